The second-order valence-electron chi connectivity index (χ2n) is 6.30. The Morgan fingerprint density at radius 2 is 1.69 bits per heavy atom. The molecule has 0 unspecified atom stereocenters. The summed E-state index contributed by atoms with van der Waals surface area (Å²) in [6, 6.07) is 5.14. The van der Waals surface area contributed by atoms with E-state index >= 15 is 0 Å². The zero-order valence-electron chi connectivity index (χ0n) is 16.1. The Kier molecular flexibility index (Phi) is 7.75. The van der Waals surface area contributed by atoms with Gasteiger partial charge in [-0.05, 0) is 58.2 Å². The van der Waals surface area contributed by atoms with Crippen molar-refractivity contribution < 1.29 is 19.1 Å². The first-order chi connectivity index (χ1) is 12.6. The second-order valence-corrected chi connectivity index (χ2v) is 6.30. The molecule has 26 heavy (non-hydrogen) atoms. The summed E-state index contributed by atoms with van der Waals surface area (Å²) in [5.41, 5.74) is 0.562. The Morgan fingerprint density at radius 1 is 1.00 bits per heavy atom. The van der Waals surface area contributed by atoms with Gasteiger partial charge in [0.1, 0.15) is 0 Å². The maximum Gasteiger partial charge on any atom is 0.260 e. The van der Waals surface area contributed by atoms with Crippen LogP contribution < -0.4 is 9.47 Å². The number of carbonyl (C=O) groups excluding carboxylic acids is 2. The van der Waals surface area contributed by atoms with Gasteiger partial charge in [0.25, 0.3) is 11.8 Å². The van der Waals surface area contributed by atoms with Crippen LogP contribution >= 0.6 is 0 Å². The number of piperidine rings is 1. The highest BCUT2D eigenvalue weighted by atomic mass is 16.5. The van der Waals surface area contributed by atoms with Crippen molar-refractivity contribution in [1.29, 1.82) is 0 Å². The van der Waals surface area contributed by atoms with Crippen molar-refractivity contribution in [3.8, 4) is 11.5 Å². The molecule has 1 aliphatic heterocycles. The molecule has 1 aliphatic rings. The van der Waals surface area contributed by atoms with Crippen LogP contribution in [0.5, 0.6) is 11.5 Å². The molecule has 1 heterocycles. The molecule has 1 saturated heterocycles. The first kappa shape index (κ1) is 20.1. The van der Waals surface area contributed by atoms with Crippen molar-refractivity contribution in [2.45, 2.75) is 40.0 Å². The third kappa shape index (κ3) is 5.13. The molecule has 0 spiro atoms. The van der Waals surface area contributed by atoms with Crippen LogP contribution in [0.4, 0.5) is 0 Å². The third-order valence-electron chi connectivity index (χ3n) is 4.60. The smallest absolute Gasteiger partial charge is 0.260 e. The zero-order valence-corrected chi connectivity index (χ0v) is 16.1. The average molecular weight is 362 g/mol. The molecule has 0 aromatic heterocycles. The van der Waals surface area contributed by atoms with Crippen LogP contribution in [0.1, 0.15) is 50.4 Å². The molecule has 144 valence electrons. The minimum atomic E-state index is -0.0353. The van der Waals surface area contributed by atoms with Gasteiger partial charge in [-0.1, -0.05) is 0 Å². The fourth-order valence-electron chi connectivity index (χ4n) is 3.10. The summed E-state index contributed by atoms with van der Waals surface area (Å²) in [5.74, 6) is 0.951. The van der Waals surface area contributed by atoms with Crippen LogP contribution in [0, 0.1) is 0 Å². The topological polar surface area (TPSA) is 59.1 Å². The minimum Gasteiger partial charge on any atom is -0.490 e. The van der Waals surface area contributed by atoms with E-state index in [1.807, 2.05) is 25.7 Å². The van der Waals surface area contributed by atoms with Crippen molar-refractivity contribution in [2.75, 3.05) is 39.4 Å². The van der Waals surface area contributed by atoms with E-state index in [9.17, 15) is 9.59 Å². The van der Waals surface area contributed by atoms with Crippen molar-refractivity contribution in [1.82, 2.24) is 9.80 Å². The molecule has 1 aromatic carbocycles. The normalized spacial score (nSPS) is 14.0. The second kappa shape index (κ2) is 10.0. The van der Waals surface area contributed by atoms with Crippen molar-refractivity contribution >= 4 is 11.8 Å². The van der Waals surface area contributed by atoms with Crippen LogP contribution in [0.2, 0.25) is 0 Å². The average Bonchev–Trinajstić information content (AvgIpc) is 2.68. The lowest BCUT2D eigenvalue weighted by atomic mass is 10.1. The van der Waals surface area contributed by atoms with Gasteiger partial charge in [-0.15, -0.1) is 0 Å². The molecule has 1 fully saturated rings. The van der Waals surface area contributed by atoms with Crippen LogP contribution in [-0.2, 0) is 4.79 Å². The van der Waals surface area contributed by atoms with Gasteiger partial charge in [0.15, 0.2) is 18.1 Å². The predicted octanol–water partition coefficient (Wildman–Crippen LogP) is 2.96. The van der Waals surface area contributed by atoms with Crippen LogP contribution in [0.25, 0.3) is 0 Å². The predicted molar refractivity (Wildman–Crippen MR) is 101 cm³/mol. The number of ether oxygens (including phenoxy) is 2. The van der Waals surface area contributed by atoms with Crippen molar-refractivity contribution in [3.63, 3.8) is 0 Å². The van der Waals surface area contributed by atoms with Gasteiger partial charge in [-0.3, -0.25) is 9.59 Å². The Labute approximate surface area is 156 Å². The van der Waals surface area contributed by atoms with E-state index < -0.39 is 0 Å². The molecule has 2 rings (SSSR count). The number of rotatable bonds is 8. The lowest BCUT2D eigenvalue weighted by molar-refractivity contribution is -0.134. The molecule has 0 atom stereocenters. The summed E-state index contributed by atoms with van der Waals surface area (Å²) < 4.78 is 11.3. The highest BCUT2D eigenvalue weighted by Gasteiger charge is 2.19. The van der Waals surface area contributed by atoms with Gasteiger partial charge in [0.2, 0.25) is 0 Å². The largest absolute Gasteiger partial charge is 0.490 e. The standard InChI is InChI=1S/C20H30N2O4/c1-4-21(5-2)20(24)16-10-11-17(18(14-16)25-6-3)26-15-19(23)22-12-8-7-9-13-22/h10-11,14H,4-9,12-13,15H2,1-3H3. The quantitative estimate of drug-likeness (QED) is 0.713. The molecule has 0 bridgehead atoms. The Morgan fingerprint density at radius 3 is 2.31 bits per heavy atom. The molecule has 0 saturated carbocycles. The molecule has 0 N–H and O–H groups in total. The fraction of sp³-hybridized carbons (Fsp3) is 0.600. The van der Waals surface area contributed by atoms with E-state index in [0.717, 1.165) is 25.9 Å². The van der Waals surface area contributed by atoms with Gasteiger partial charge in [0.05, 0.1) is 6.61 Å². The number of likely N-dealkylation sites (tertiary alicyclic amines) is 1. The van der Waals surface area contributed by atoms with E-state index in [1.54, 1.807) is 23.1 Å². The molecule has 0 radical (unpaired) electrons. The van der Waals surface area contributed by atoms with Crippen LogP contribution in [0.3, 0.4) is 0 Å². The van der Waals surface area contributed by atoms with Gasteiger partial charge in [-0.25, -0.2) is 0 Å². The number of hydrogen-bond acceptors (Lipinski definition) is 4. The van der Waals surface area contributed by atoms with Crippen LogP contribution in [-0.4, -0.2) is 61.0 Å². The third-order valence-corrected chi connectivity index (χ3v) is 4.60. The number of nitrogens with zero attached hydrogens (tertiary/aromatic N) is 2. The lowest BCUT2D eigenvalue weighted by Gasteiger charge is -2.26. The Bertz CT molecular complexity index is 608. The summed E-state index contributed by atoms with van der Waals surface area (Å²) in [4.78, 5) is 28.4. The van der Waals surface area contributed by atoms with E-state index in [0.29, 0.717) is 36.8 Å². The van der Waals surface area contributed by atoms with E-state index in [1.165, 1.54) is 6.42 Å². The summed E-state index contributed by atoms with van der Waals surface area (Å²) in [7, 11) is 0. The molecular formula is C20H30N2O4. The van der Waals surface area contributed by atoms with Gasteiger partial charge in [0, 0.05) is 31.7 Å². The summed E-state index contributed by atoms with van der Waals surface area (Å²) in [6.07, 6.45) is 3.29. The summed E-state index contributed by atoms with van der Waals surface area (Å²) in [6.45, 7) is 9.15. The number of carbonyl (C=O) groups is 2. The fourth-order valence-corrected chi connectivity index (χ4v) is 3.10. The van der Waals surface area contributed by atoms with Gasteiger partial charge < -0.3 is 19.3 Å². The lowest BCUT2D eigenvalue weighted by Crippen LogP contribution is -2.38. The van der Waals surface area contributed by atoms with Crippen molar-refractivity contribution in [3.05, 3.63) is 23.8 Å². The Balaban J connectivity index is 2.07. The number of benzene rings is 1. The highest BCUT2D eigenvalue weighted by molar-refractivity contribution is 5.95. The monoisotopic (exact) mass is 362 g/mol. The summed E-state index contributed by atoms with van der Waals surface area (Å²) in [5, 5.41) is 0. The minimum absolute atomic E-state index is 0.00422. The molecule has 1 aromatic rings. The SMILES string of the molecule is CCOc1cc(C(=O)N(CC)CC)ccc1OCC(=O)N1CCCCC1. The van der Waals surface area contributed by atoms with E-state index in [4.69, 9.17) is 9.47 Å². The highest BCUT2D eigenvalue weighted by Crippen LogP contribution is 2.29. The van der Waals surface area contributed by atoms with Gasteiger partial charge in [-0.2, -0.15) is 0 Å². The maximum atomic E-state index is 12.5. The zero-order chi connectivity index (χ0) is 18.9. The maximum absolute atomic E-state index is 12.5. The van der Waals surface area contributed by atoms with Crippen LogP contribution in [0.15, 0.2) is 18.2 Å². The molecule has 2 amide bonds. The van der Waals surface area contributed by atoms with E-state index in [2.05, 4.69) is 0 Å². The number of amides is 2. The van der Waals surface area contributed by atoms with E-state index in [-0.39, 0.29) is 18.4 Å². The first-order valence-corrected chi connectivity index (χ1v) is 9.57. The van der Waals surface area contributed by atoms with Crippen molar-refractivity contribution in [2.24, 2.45) is 0 Å². The first-order valence-electron chi connectivity index (χ1n) is 9.57. The molecular weight excluding hydrogens is 332 g/mol. The molecule has 6 nitrogen and oxygen atoms in total. The van der Waals surface area contributed by atoms with Gasteiger partial charge >= 0.3 is 0 Å². The number of hydrogen-bond donors (Lipinski definition) is 0. The molecule has 6 heteroatoms. The summed E-state index contributed by atoms with van der Waals surface area (Å²) >= 11 is 0. The Hall–Kier alpha value is -2.24. The molecule has 0 aliphatic carbocycles.